The highest BCUT2D eigenvalue weighted by atomic mass is 32.1. The fraction of sp³-hybridized carbons (Fsp3) is 0.444. The van der Waals surface area contributed by atoms with Gasteiger partial charge in [0.25, 0.3) is 5.56 Å². The molecule has 0 radical (unpaired) electrons. The van der Waals surface area contributed by atoms with Crippen LogP contribution in [0.2, 0.25) is 0 Å². The average Bonchev–Trinajstić information content (AvgIpc) is 2.65. The van der Waals surface area contributed by atoms with E-state index in [4.69, 9.17) is 17.0 Å². The highest BCUT2D eigenvalue weighted by Gasteiger charge is 2.08. The minimum absolute atomic E-state index is 0.284. The largest absolute Gasteiger partial charge is 0.385 e. The molecule has 92 valence electrons. The zero-order valence-electron chi connectivity index (χ0n) is 9.20. The fourth-order valence-electron chi connectivity index (χ4n) is 1.65. The van der Waals surface area contributed by atoms with Crippen molar-refractivity contribution in [2.75, 3.05) is 13.7 Å². The molecule has 2 aromatic rings. The van der Waals surface area contributed by atoms with Gasteiger partial charge in [0.2, 0.25) is 0 Å². The molecule has 0 atom stereocenters. The van der Waals surface area contributed by atoms with Crippen LogP contribution in [0.5, 0.6) is 0 Å². The summed E-state index contributed by atoms with van der Waals surface area (Å²) in [5, 5.41) is 0. The lowest BCUT2D eigenvalue weighted by Crippen LogP contribution is -2.30. The van der Waals surface area contributed by atoms with Crippen molar-refractivity contribution in [3.05, 3.63) is 25.6 Å². The summed E-state index contributed by atoms with van der Waals surface area (Å²) >= 11 is 4.91. The maximum Gasteiger partial charge on any atom is 0.330 e. The Hall–Kier alpha value is -1.67. The van der Waals surface area contributed by atoms with Gasteiger partial charge in [0.05, 0.1) is 0 Å². The number of ether oxygens (including phenoxy) is 1. The molecule has 0 aliphatic heterocycles. The van der Waals surface area contributed by atoms with Gasteiger partial charge < -0.3 is 14.7 Å². The highest BCUT2D eigenvalue weighted by molar-refractivity contribution is 7.71. The van der Waals surface area contributed by atoms with Gasteiger partial charge in [-0.05, 0) is 18.6 Å². The lowest BCUT2D eigenvalue weighted by molar-refractivity contribution is 0.190. The molecular weight excluding hydrogens is 244 g/mol. The Morgan fingerprint density at radius 1 is 1.29 bits per heavy atom. The molecule has 2 aromatic heterocycles. The SMILES string of the molecule is COCCCn1c(=O)[nH]c(=O)c2[nH]c(=S)[nH]c21. The number of nitrogens with one attached hydrogen (secondary N) is 3. The normalized spacial score (nSPS) is 11.1. The Bertz CT molecular complexity index is 693. The molecule has 0 unspecified atom stereocenters. The molecule has 0 saturated carbocycles. The van der Waals surface area contributed by atoms with E-state index in [9.17, 15) is 9.59 Å². The maximum absolute atomic E-state index is 11.7. The van der Waals surface area contributed by atoms with Crippen molar-refractivity contribution < 1.29 is 4.74 Å². The quantitative estimate of drug-likeness (QED) is 0.534. The molecule has 7 nitrogen and oxygen atoms in total. The van der Waals surface area contributed by atoms with Crippen molar-refractivity contribution >= 4 is 23.4 Å². The molecule has 0 aromatic carbocycles. The molecule has 17 heavy (non-hydrogen) atoms. The molecule has 0 aliphatic rings. The van der Waals surface area contributed by atoms with Gasteiger partial charge in [-0.25, -0.2) is 4.79 Å². The summed E-state index contributed by atoms with van der Waals surface area (Å²) in [6.07, 6.45) is 0.670. The Labute approximate surface area is 100 Å². The summed E-state index contributed by atoms with van der Waals surface area (Å²) in [4.78, 5) is 30.9. The van der Waals surface area contributed by atoms with Gasteiger partial charge in [-0.1, -0.05) is 0 Å². The molecule has 3 N–H and O–H groups in total. The van der Waals surface area contributed by atoms with Crippen LogP contribution in [0, 0.1) is 4.77 Å². The summed E-state index contributed by atoms with van der Waals surface area (Å²) in [7, 11) is 1.59. The molecule has 0 amide bonds. The number of aromatic amines is 3. The number of hydrogen-bond donors (Lipinski definition) is 3. The number of H-pyrrole nitrogens is 3. The van der Waals surface area contributed by atoms with Crippen molar-refractivity contribution in [2.24, 2.45) is 0 Å². The van der Waals surface area contributed by atoms with Crippen LogP contribution in [-0.2, 0) is 11.3 Å². The predicted molar refractivity (Wildman–Crippen MR) is 64.9 cm³/mol. The van der Waals surface area contributed by atoms with E-state index in [0.29, 0.717) is 30.0 Å². The van der Waals surface area contributed by atoms with E-state index in [-0.39, 0.29) is 5.52 Å². The smallest absolute Gasteiger partial charge is 0.330 e. The molecule has 0 saturated heterocycles. The Morgan fingerprint density at radius 2 is 2.06 bits per heavy atom. The number of aryl methyl sites for hydroxylation is 1. The number of methoxy groups -OCH3 is 1. The van der Waals surface area contributed by atoms with Crippen LogP contribution in [-0.4, -0.2) is 33.2 Å². The number of hydrogen-bond acceptors (Lipinski definition) is 4. The van der Waals surface area contributed by atoms with Gasteiger partial charge in [-0.3, -0.25) is 14.3 Å². The number of aromatic nitrogens is 4. The van der Waals surface area contributed by atoms with Crippen LogP contribution in [0.25, 0.3) is 11.2 Å². The van der Waals surface area contributed by atoms with Gasteiger partial charge >= 0.3 is 5.69 Å². The molecule has 0 aliphatic carbocycles. The van der Waals surface area contributed by atoms with Crippen molar-refractivity contribution in [3.63, 3.8) is 0 Å². The van der Waals surface area contributed by atoms with E-state index in [2.05, 4.69) is 15.0 Å². The molecule has 0 bridgehead atoms. The summed E-state index contributed by atoms with van der Waals surface area (Å²) in [6, 6.07) is 0. The molecule has 0 fully saturated rings. The van der Waals surface area contributed by atoms with Crippen LogP contribution >= 0.6 is 12.2 Å². The lowest BCUT2D eigenvalue weighted by Gasteiger charge is -2.05. The first-order valence-corrected chi connectivity index (χ1v) is 5.48. The Morgan fingerprint density at radius 3 is 2.76 bits per heavy atom. The van der Waals surface area contributed by atoms with Gasteiger partial charge in [0.1, 0.15) is 11.2 Å². The van der Waals surface area contributed by atoms with E-state index >= 15 is 0 Å². The van der Waals surface area contributed by atoms with E-state index in [1.54, 1.807) is 7.11 Å². The van der Waals surface area contributed by atoms with Crippen LogP contribution in [0.1, 0.15) is 6.42 Å². The number of fused-ring (bicyclic) bond motifs is 1. The summed E-state index contributed by atoms with van der Waals surface area (Å²) in [5.41, 5.74) is -0.226. The van der Waals surface area contributed by atoms with E-state index in [1.165, 1.54) is 4.57 Å². The molecule has 2 heterocycles. The molecular formula is C9H12N4O3S. The molecule has 2 rings (SSSR count). The number of imidazole rings is 1. The second-order valence-corrected chi connectivity index (χ2v) is 3.97. The first-order valence-electron chi connectivity index (χ1n) is 5.07. The zero-order chi connectivity index (χ0) is 12.4. The standard InChI is InChI=1S/C9H12N4O3S/c1-16-4-2-3-13-6-5(10-8(17)11-6)7(14)12-9(13)15/h2-4H2,1H3,(H2,10,11,17)(H,12,14,15). The third kappa shape index (κ3) is 2.22. The van der Waals surface area contributed by atoms with E-state index < -0.39 is 11.2 Å². The third-order valence-corrected chi connectivity index (χ3v) is 2.60. The highest BCUT2D eigenvalue weighted by Crippen LogP contribution is 2.02. The predicted octanol–water partition coefficient (Wildman–Crippen LogP) is 0.112. The van der Waals surface area contributed by atoms with Crippen molar-refractivity contribution in [3.8, 4) is 0 Å². The van der Waals surface area contributed by atoms with Gasteiger partial charge in [-0.2, -0.15) is 0 Å². The zero-order valence-corrected chi connectivity index (χ0v) is 10.0. The second-order valence-electron chi connectivity index (χ2n) is 3.56. The minimum Gasteiger partial charge on any atom is -0.385 e. The third-order valence-electron chi connectivity index (χ3n) is 2.40. The van der Waals surface area contributed by atoms with Gasteiger partial charge in [-0.15, -0.1) is 0 Å². The summed E-state index contributed by atoms with van der Waals surface area (Å²) in [6.45, 7) is 0.987. The maximum atomic E-state index is 11.7. The van der Waals surface area contributed by atoms with Crippen LogP contribution in [0.4, 0.5) is 0 Å². The molecule has 0 spiro atoms. The van der Waals surface area contributed by atoms with Gasteiger partial charge in [0.15, 0.2) is 4.77 Å². The topological polar surface area (TPSA) is 95.7 Å². The summed E-state index contributed by atoms with van der Waals surface area (Å²) < 4.78 is 6.67. The first kappa shape index (κ1) is 11.8. The number of nitrogens with zero attached hydrogens (tertiary/aromatic N) is 1. The first-order chi connectivity index (χ1) is 8.13. The average molecular weight is 256 g/mol. The van der Waals surface area contributed by atoms with E-state index in [0.717, 1.165) is 0 Å². The monoisotopic (exact) mass is 256 g/mol. The Kier molecular flexibility index (Phi) is 3.25. The summed E-state index contributed by atoms with van der Waals surface area (Å²) in [5.74, 6) is 0. The van der Waals surface area contributed by atoms with Crippen LogP contribution in [0.15, 0.2) is 9.59 Å². The van der Waals surface area contributed by atoms with E-state index in [1.807, 2.05) is 0 Å². The van der Waals surface area contributed by atoms with Crippen LogP contribution in [0.3, 0.4) is 0 Å². The minimum atomic E-state index is -0.472. The molecule has 8 heteroatoms. The van der Waals surface area contributed by atoms with Crippen molar-refractivity contribution in [1.82, 2.24) is 19.5 Å². The fourth-order valence-corrected chi connectivity index (χ4v) is 1.85. The lowest BCUT2D eigenvalue weighted by atomic mass is 10.4. The van der Waals surface area contributed by atoms with Crippen molar-refractivity contribution in [1.29, 1.82) is 0 Å². The Balaban J connectivity index is 2.57. The number of rotatable bonds is 4. The van der Waals surface area contributed by atoms with Crippen LogP contribution < -0.4 is 11.2 Å². The van der Waals surface area contributed by atoms with Crippen molar-refractivity contribution in [2.45, 2.75) is 13.0 Å². The second kappa shape index (κ2) is 4.68. The van der Waals surface area contributed by atoms with Gasteiger partial charge in [0, 0.05) is 20.3 Å².